The smallest absolute Gasteiger partial charge is 0.305 e. The highest BCUT2D eigenvalue weighted by Crippen LogP contribution is 2.17. The highest BCUT2D eigenvalue weighted by Gasteiger charge is 2.06. The van der Waals surface area contributed by atoms with Crippen LogP contribution in [0.15, 0.2) is 0 Å². The zero-order chi connectivity index (χ0) is 43.5. The molecule has 0 aliphatic carbocycles. The summed E-state index contributed by atoms with van der Waals surface area (Å²) < 4.78 is 5.48. The van der Waals surface area contributed by atoms with Gasteiger partial charge in [0.05, 0.1) is 6.61 Å². The standard InChI is InChI=1S/C54H108N2O4/c1-2-3-4-5-6-7-8-9-20-25-30-35-40-45-50-60-54(59)48-43-38-33-28-23-18-14-11-15-19-24-29-34-39-44-49-56-52(51-55)46-41-36-31-26-21-16-12-10-13-17-22-27-32-37-42-47-53(57)58/h52,56H,2-51,55H2,1H3,(H,57,58). The van der Waals surface area contributed by atoms with Crippen LogP contribution in [0.25, 0.3) is 0 Å². The summed E-state index contributed by atoms with van der Waals surface area (Å²) in [5, 5.41) is 12.4. The average Bonchev–Trinajstić information content (AvgIpc) is 3.24. The van der Waals surface area contributed by atoms with Crippen molar-refractivity contribution >= 4 is 11.9 Å². The monoisotopic (exact) mass is 849 g/mol. The van der Waals surface area contributed by atoms with Crippen LogP contribution in [0.2, 0.25) is 0 Å². The summed E-state index contributed by atoms with van der Waals surface area (Å²) in [7, 11) is 0. The van der Waals surface area contributed by atoms with Crippen LogP contribution in [0.1, 0.15) is 309 Å². The topological polar surface area (TPSA) is 102 Å². The number of ether oxygens (including phenoxy) is 1. The number of carboxylic acid groups (broad SMARTS) is 1. The van der Waals surface area contributed by atoms with E-state index in [1.165, 1.54) is 263 Å². The normalized spacial score (nSPS) is 12.0. The first kappa shape index (κ1) is 58.9. The molecular weight excluding hydrogens is 741 g/mol. The van der Waals surface area contributed by atoms with Crippen LogP contribution in [0.5, 0.6) is 0 Å². The zero-order valence-electron chi connectivity index (χ0n) is 40.7. The molecule has 0 saturated heterocycles. The Bertz CT molecular complexity index is 839. The lowest BCUT2D eigenvalue weighted by molar-refractivity contribution is -0.144. The molecule has 6 nitrogen and oxygen atoms in total. The summed E-state index contributed by atoms with van der Waals surface area (Å²) in [6, 6.07) is 0.499. The maximum absolute atomic E-state index is 12.0. The van der Waals surface area contributed by atoms with Crippen molar-refractivity contribution < 1.29 is 19.4 Å². The molecule has 0 aromatic rings. The summed E-state index contributed by atoms with van der Waals surface area (Å²) in [6.45, 7) is 4.80. The van der Waals surface area contributed by atoms with Crippen LogP contribution < -0.4 is 11.1 Å². The molecule has 0 heterocycles. The van der Waals surface area contributed by atoms with E-state index >= 15 is 0 Å². The van der Waals surface area contributed by atoms with Crippen LogP contribution in [0, 0.1) is 0 Å². The average molecular weight is 849 g/mol. The van der Waals surface area contributed by atoms with E-state index in [4.69, 9.17) is 15.6 Å². The van der Waals surface area contributed by atoms with Crippen LogP contribution in [0.3, 0.4) is 0 Å². The molecular formula is C54H108N2O4. The van der Waals surface area contributed by atoms with Crippen molar-refractivity contribution in [1.29, 1.82) is 0 Å². The molecule has 0 radical (unpaired) electrons. The summed E-state index contributed by atoms with van der Waals surface area (Å²) in [6.07, 6.45) is 60.4. The molecule has 60 heavy (non-hydrogen) atoms. The fourth-order valence-corrected chi connectivity index (χ4v) is 8.82. The van der Waals surface area contributed by atoms with Crippen molar-refractivity contribution in [1.82, 2.24) is 5.32 Å². The fraction of sp³-hybridized carbons (Fsp3) is 0.963. The van der Waals surface area contributed by atoms with Crippen molar-refractivity contribution in [3.63, 3.8) is 0 Å². The number of carbonyl (C=O) groups is 2. The number of hydrogen-bond donors (Lipinski definition) is 3. The first-order chi connectivity index (χ1) is 29.6. The third-order valence-corrected chi connectivity index (χ3v) is 13.0. The Morgan fingerprint density at radius 1 is 0.417 bits per heavy atom. The van der Waals surface area contributed by atoms with Gasteiger partial charge in [-0.15, -0.1) is 0 Å². The molecule has 6 heteroatoms. The second-order valence-corrected chi connectivity index (χ2v) is 19.0. The minimum Gasteiger partial charge on any atom is -0.481 e. The Morgan fingerprint density at radius 2 is 0.717 bits per heavy atom. The number of nitrogens with one attached hydrogen (secondary N) is 1. The highest BCUT2D eigenvalue weighted by molar-refractivity contribution is 5.69. The molecule has 0 aliphatic rings. The number of rotatable bonds is 53. The molecule has 1 atom stereocenters. The summed E-state index contributed by atoms with van der Waals surface area (Å²) >= 11 is 0. The molecule has 0 saturated carbocycles. The lowest BCUT2D eigenvalue weighted by Gasteiger charge is -2.16. The van der Waals surface area contributed by atoms with Gasteiger partial charge < -0.3 is 20.9 Å². The van der Waals surface area contributed by atoms with Crippen molar-refractivity contribution in [3.8, 4) is 0 Å². The maximum Gasteiger partial charge on any atom is 0.305 e. The Hall–Kier alpha value is -1.14. The minimum atomic E-state index is -0.658. The fourth-order valence-electron chi connectivity index (χ4n) is 8.82. The molecule has 0 aromatic heterocycles. The summed E-state index contributed by atoms with van der Waals surface area (Å²) in [5.74, 6) is -0.637. The quantitative estimate of drug-likeness (QED) is 0.0416. The van der Waals surface area contributed by atoms with Crippen LogP contribution in [-0.2, 0) is 14.3 Å². The number of unbranched alkanes of at least 4 members (excludes halogenated alkanes) is 41. The largest absolute Gasteiger partial charge is 0.481 e. The van der Waals surface area contributed by atoms with Crippen molar-refractivity contribution in [2.75, 3.05) is 19.7 Å². The highest BCUT2D eigenvalue weighted by atomic mass is 16.5. The molecule has 0 aromatic carbocycles. The van der Waals surface area contributed by atoms with Gasteiger partial charge in [-0.25, -0.2) is 0 Å². The van der Waals surface area contributed by atoms with Gasteiger partial charge in [-0.2, -0.15) is 0 Å². The van der Waals surface area contributed by atoms with E-state index in [1.54, 1.807) is 0 Å². The second-order valence-electron chi connectivity index (χ2n) is 19.0. The van der Waals surface area contributed by atoms with Gasteiger partial charge >= 0.3 is 11.9 Å². The Morgan fingerprint density at radius 3 is 1.07 bits per heavy atom. The number of esters is 1. The molecule has 0 spiro atoms. The maximum atomic E-state index is 12.0. The molecule has 4 N–H and O–H groups in total. The lowest BCUT2D eigenvalue weighted by atomic mass is 10.0. The van der Waals surface area contributed by atoms with Gasteiger partial charge in [-0.3, -0.25) is 9.59 Å². The van der Waals surface area contributed by atoms with Crippen LogP contribution in [0.4, 0.5) is 0 Å². The predicted octanol–water partition coefficient (Wildman–Crippen LogP) is 16.9. The molecule has 358 valence electrons. The predicted molar refractivity (Wildman–Crippen MR) is 262 cm³/mol. The Balaban J connectivity index is 3.27. The van der Waals surface area contributed by atoms with E-state index in [0.717, 1.165) is 38.8 Å². The molecule has 0 amide bonds. The van der Waals surface area contributed by atoms with E-state index in [9.17, 15) is 9.59 Å². The molecule has 1 unspecified atom stereocenters. The SMILES string of the molecule is CCCCCCCCCCCCCCCCOC(=O)CCCCCCCCCCCCCCCCCNC(CN)CCCCCCCCCCCCCCCCCC(=O)O. The van der Waals surface area contributed by atoms with Gasteiger partial charge in [0.1, 0.15) is 0 Å². The van der Waals surface area contributed by atoms with E-state index in [2.05, 4.69) is 12.2 Å². The zero-order valence-corrected chi connectivity index (χ0v) is 40.7. The Labute approximate surface area is 375 Å². The number of hydrogen-bond acceptors (Lipinski definition) is 5. The molecule has 0 rings (SSSR count). The van der Waals surface area contributed by atoms with Gasteiger partial charge in [-0.1, -0.05) is 264 Å². The van der Waals surface area contributed by atoms with E-state index in [-0.39, 0.29) is 5.97 Å². The van der Waals surface area contributed by atoms with E-state index in [1.807, 2.05) is 0 Å². The first-order valence-electron chi connectivity index (χ1n) is 27.4. The lowest BCUT2D eigenvalue weighted by Crippen LogP contribution is -2.36. The number of aliphatic carboxylic acids is 1. The summed E-state index contributed by atoms with van der Waals surface area (Å²) in [5.41, 5.74) is 6.08. The molecule has 0 fully saturated rings. The van der Waals surface area contributed by atoms with Crippen molar-refractivity contribution in [2.45, 2.75) is 315 Å². The molecule has 0 bridgehead atoms. The number of carbonyl (C=O) groups excluding carboxylic acids is 1. The van der Waals surface area contributed by atoms with Gasteiger partial charge in [0.15, 0.2) is 0 Å². The van der Waals surface area contributed by atoms with E-state index < -0.39 is 5.97 Å². The number of nitrogens with two attached hydrogens (primary N) is 1. The van der Waals surface area contributed by atoms with Gasteiger partial charge in [0, 0.05) is 25.4 Å². The van der Waals surface area contributed by atoms with Crippen LogP contribution in [-0.4, -0.2) is 42.8 Å². The van der Waals surface area contributed by atoms with Gasteiger partial charge in [-0.05, 0) is 38.6 Å². The third kappa shape index (κ3) is 51.2. The summed E-state index contributed by atoms with van der Waals surface area (Å²) in [4.78, 5) is 22.6. The number of carboxylic acids is 1. The minimum absolute atomic E-state index is 0.0202. The van der Waals surface area contributed by atoms with Gasteiger partial charge in [0.2, 0.25) is 0 Å². The van der Waals surface area contributed by atoms with Crippen molar-refractivity contribution in [2.24, 2.45) is 5.73 Å². The Kier molecular flexibility index (Phi) is 51.2. The molecule has 0 aliphatic heterocycles. The van der Waals surface area contributed by atoms with Crippen LogP contribution >= 0.6 is 0 Å². The van der Waals surface area contributed by atoms with E-state index in [0.29, 0.717) is 25.5 Å². The van der Waals surface area contributed by atoms with Gasteiger partial charge in [0.25, 0.3) is 0 Å². The second kappa shape index (κ2) is 52.2. The van der Waals surface area contributed by atoms with Crippen molar-refractivity contribution in [3.05, 3.63) is 0 Å². The third-order valence-electron chi connectivity index (χ3n) is 13.0. The first-order valence-corrected chi connectivity index (χ1v) is 27.4.